The number of para-hydroxylation sites is 1. The summed E-state index contributed by atoms with van der Waals surface area (Å²) in [6, 6.07) is 17.9. The monoisotopic (exact) mass is 352 g/mol. The summed E-state index contributed by atoms with van der Waals surface area (Å²) < 4.78 is 0. The van der Waals surface area contributed by atoms with Crippen molar-refractivity contribution in [1.82, 2.24) is 4.90 Å². The SMILES string of the molecule is CCC(=O)N1CCS[C@]12C(=O)N(Cc1ccccc1)c1ccccc12. The quantitative estimate of drug-likeness (QED) is 0.850. The van der Waals surface area contributed by atoms with Crippen LogP contribution in [0.2, 0.25) is 0 Å². The summed E-state index contributed by atoms with van der Waals surface area (Å²) in [7, 11) is 0. The molecule has 1 spiro atoms. The van der Waals surface area contributed by atoms with Crippen LogP contribution in [-0.2, 0) is 21.0 Å². The Bertz CT molecular complexity index is 823. The molecule has 0 bridgehead atoms. The lowest BCUT2D eigenvalue weighted by Gasteiger charge is -2.33. The molecule has 0 radical (unpaired) electrons. The molecule has 2 aliphatic rings. The van der Waals surface area contributed by atoms with Crippen molar-refractivity contribution in [1.29, 1.82) is 0 Å². The van der Waals surface area contributed by atoms with Crippen LogP contribution in [-0.4, -0.2) is 29.0 Å². The van der Waals surface area contributed by atoms with Gasteiger partial charge in [-0.05, 0) is 11.6 Å². The van der Waals surface area contributed by atoms with Crippen molar-refractivity contribution in [3.63, 3.8) is 0 Å². The number of fused-ring (bicyclic) bond motifs is 2. The summed E-state index contributed by atoms with van der Waals surface area (Å²) in [4.78, 5) is 28.8. The Kier molecular flexibility index (Phi) is 4.04. The standard InChI is InChI=1S/C20H20N2O2S/c1-2-18(23)22-12-13-25-20(22)16-10-6-7-11-17(16)21(19(20)24)14-15-8-4-3-5-9-15/h3-11H,2,12-14H2,1H3/t20-/m1/s1. The molecule has 128 valence electrons. The fourth-order valence-electron chi connectivity index (χ4n) is 3.74. The molecule has 2 amide bonds. The molecule has 1 fully saturated rings. The first-order valence-corrected chi connectivity index (χ1v) is 9.57. The number of thioether (sulfide) groups is 1. The Morgan fingerprint density at radius 2 is 1.84 bits per heavy atom. The van der Waals surface area contributed by atoms with Gasteiger partial charge in [0.15, 0.2) is 4.87 Å². The number of carbonyl (C=O) groups excluding carboxylic acids is 2. The van der Waals surface area contributed by atoms with Crippen LogP contribution in [0.3, 0.4) is 0 Å². The average Bonchev–Trinajstić information content (AvgIpc) is 3.20. The zero-order valence-corrected chi connectivity index (χ0v) is 15.0. The highest BCUT2D eigenvalue weighted by molar-refractivity contribution is 8.01. The van der Waals surface area contributed by atoms with Crippen molar-refractivity contribution in [3.05, 3.63) is 65.7 Å². The van der Waals surface area contributed by atoms with Gasteiger partial charge < -0.3 is 9.80 Å². The Balaban J connectivity index is 1.80. The van der Waals surface area contributed by atoms with Gasteiger partial charge in [0.1, 0.15) is 0 Å². The second kappa shape index (κ2) is 6.23. The van der Waals surface area contributed by atoms with Gasteiger partial charge in [0, 0.05) is 24.3 Å². The lowest BCUT2D eigenvalue weighted by Crippen LogP contribution is -2.50. The second-order valence-corrected chi connectivity index (χ2v) is 7.57. The number of nitrogens with zero attached hydrogens (tertiary/aromatic N) is 2. The molecule has 0 saturated carbocycles. The molecular formula is C20H20N2O2S. The minimum Gasteiger partial charge on any atom is -0.315 e. The van der Waals surface area contributed by atoms with E-state index in [0.717, 1.165) is 22.6 Å². The second-order valence-electron chi connectivity index (χ2n) is 6.29. The summed E-state index contributed by atoms with van der Waals surface area (Å²) in [5.74, 6) is 0.821. The smallest absolute Gasteiger partial charge is 0.268 e. The van der Waals surface area contributed by atoms with E-state index in [1.165, 1.54) is 0 Å². The first kappa shape index (κ1) is 16.2. The van der Waals surface area contributed by atoms with Crippen molar-refractivity contribution in [2.75, 3.05) is 17.2 Å². The molecule has 1 atom stereocenters. The Hall–Kier alpha value is -2.27. The number of hydrogen-bond acceptors (Lipinski definition) is 3. The average molecular weight is 352 g/mol. The van der Waals surface area contributed by atoms with Crippen LogP contribution >= 0.6 is 11.8 Å². The number of hydrogen-bond donors (Lipinski definition) is 0. The molecule has 2 aromatic carbocycles. The predicted molar refractivity (Wildman–Crippen MR) is 100 cm³/mol. The normalized spacial score (nSPS) is 21.9. The van der Waals surface area contributed by atoms with Crippen LogP contribution in [0, 0.1) is 0 Å². The third-order valence-electron chi connectivity index (χ3n) is 4.89. The van der Waals surface area contributed by atoms with E-state index in [0.29, 0.717) is 19.5 Å². The summed E-state index contributed by atoms with van der Waals surface area (Å²) in [6.45, 7) is 3.00. The van der Waals surface area contributed by atoms with E-state index in [-0.39, 0.29) is 11.8 Å². The minimum absolute atomic E-state index is 0.00172. The number of anilines is 1. The molecule has 25 heavy (non-hydrogen) atoms. The topological polar surface area (TPSA) is 40.6 Å². The molecule has 1 saturated heterocycles. The highest BCUT2D eigenvalue weighted by Crippen LogP contribution is 2.54. The van der Waals surface area contributed by atoms with Gasteiger partial charge in [0.25, 0.3) is 5.91 Å². The van der Waals surface area contributed by atoms with Crippen LogP contribution in [0.1, 0.15) is 24.5 Å². The molecule has 0 N–H and O–H groups in total. The highest BCUT2D eigenvalue weighted by atomic mass is 32.2. The van der Waals surface area contributed by atoms with Crippen molar-refractivity contribution in [2.45, 2.75) is 24.8 Å². The molecular weight excluding hydrogens is 332 g/mol. The van der Waals surface area contributed by atoms with E-state index in [2.05, 4.69) is 0 Å². The van der Waals surface area contributed by atoms with Gasteiger partial charge in [-0.3, -0.25) is 9.59 Å². The van der Waals surface area contributed by atoms with Gasteiger partial charge in [0.05, 0.1) is 12.2 Å². The van der Waals surface area contributed by atoms with Gasteiger partial charge in [0.2, 0.25) is 5.91 Å². The van der Waals surface area contributed by atoms with Crippen molar-refractivity contribution in [3.8, 4) is 0 Å². The third kappa shape index (κ3) is 2.37. The summed E-state index contributed by atoms with van der Waals surface area (Å²) in [5.41, 5.74) is 2.94. The van der Waals surface area contributed by atoms with Crippen LogP contribution in [0.25, 0.3) is 0 Å². The van der Waals surface area contributed by atoms with Gasteiger partial charge in [-0.2, -0.15) is 0 Å². The Morgan fingerprint density at radius 1 is 1.12 bits per heavy atom. The first-order valence-electron chi connectivity index (χ1n) is 8.58. The Labute approximate surface area is 151 Å². The summed E-state index contributed by atoms with van der Waals surface area (Å²) in [6.07, 6.45) is 0.413. The van der Waals surface area contributed by atoms with E-state index in [1.807, 2.05) is 66.4 Å². The maximum Gasteiger partial charge on any atom is 0.268 e. The van der Waals surface area contributed by atoms with Crippen molar-refractivity contribution < 1.29 is 9.59 Å². The van der Waals surface area contributed by atoms with Crippen LogP contribution in [0.5, 0.6) is 0 Å². The lowest BCUT2D eigenvalue weighted by molar-refractivity contribution is -0.139. The van der Waals surface area contributed by atoms with Crippen LogP contribution < -0.4 is 4.90 Å². The van der Waals surface area contributed by atoms with Gasteiger partial charge in [-0.15, -0.1) is 11.8 Å². The first-order chi connectivity index (χ1) is 12.2. The molecule has 0 unspecified atom stereocenters. The zero-order valence-electron chi connectivity index (χ0n) is 14.1. The van der Waals surface area contributed by atoms with E-state index in [4.69, 9.17) is 0 Å². The van der Waals surface area contributed by atoms with Gasteiger partial charge in [-0.25, -0.2) is 0 Å². The predicted octanol–water partition coefficient (Wildman–Crippen LogP) is 3.37. The molecule has 0 aliphatic carbocycles. The van der Waals surface area contributed by atoms with Crippen LogP contribution in [0.15, 0.2) is 54.6 Å². The lowest BCUT2D eigenvalue weighted by atomic mass is 10.1. The van der Waals surface area contributed by atoms with E-state index in [1.54, 1.807) is 16.7 Å². The maximum atomic E-state index is 13.5. The zero-order chi connectivity index (χ0) is 17.4. The third-order valence-corrected chi connectivity index (χ3v) is 6.31. The van der Waals surface area contributed by atoms with Crippen molar-refractivity contribution >= 4 is 29.3 Å². The fourth-order valence-corrected chi connectivity index (χ4v) is 5.22. The number of rotatable bonds is 3. The summed E-state index contributed by atoms with van der Waals surface area (Å²) >= 11 is 1.58. The van der Waals surface area contributed by atoms with Crippen molar-refractivity contribution in [2.24, 2.45) is 0 Å². The van der Waals surface area contributed by atoms with Gasteiger partial charge in [-0.1, -0.05) is 55.5 Å². The number of benzene rings is 2. The highest BCUT2D eigenvalue weighted by Gasteiger charge is 2.58. The van der Waals surface area contributed by atoms with E-state index >= 15 is 0 Å². The molecule has 0 aromatic heterocycles. The molecule has 2 aromatic rings. The number of amides is 2. The molecule has 2 aliphatic heterocycles. The molecule has 4 nitrogen and oxygen atoms in total. The van der Waals surface area contributed by atoms with Gasteiger partial charge >= 0.3 is 0 Å². The van der Waals surface area contributed by atoms with E-state index in [9.17, 15) is 9.59 Å². The Morgan fingerprint density at radius 3 is 2.60 bits per heavy atom. The molecule has 2 heterocycles. The summed E-state index contributed by atoms with van der Waals surface area (Å²) in [5, 5.41) is 0. The minimum atomic E-state index is -0.890. The van der Waals surface area contributed by atoms with Crippen LogP contribution in [0.4, 0.5) is 5.69 Å². The maximum absolute atomic E-state index is 13.5. The largest absolute Gasteiger partial charge is 0.315 e. The fraction of sp³-hybridized carbons (Fsp3) is 0.300. The molecule has 5 heteroatoms. The number of carbonyl (C=O) groups is 2. The molecule has 4 rings (SSSR count). The van der Waals surface area contributed by atoms with E-state index < -0.39 is 4.87 Å².